The van der Waals surface area contributed by atoms with Gasteiger partial charge in [0.2, 0.25) is 0 Å². The fourth-order valence-corrected chi connectivity index (χ4v) is 1.57. The molecule has 1 atom stereocenters. The molecular formula is C12H14N2. The van der Waals surface area contributed by atoms with E-state index in [1.807, 2.05) is 18.5 Å². The van der Waals surface area contributed by atoms with Gasteiger partial charge in [0.15, 0.2) is 0 Å². The highest BCUT2D eigenvalue weighted by atomic mass is 14.6. The second kappa shape index (κ2) is 3.76. The van der Waals surface area contributed by atoms with Crippen LogP contribution in [0.1, 0.15) is 24.9 Å². The van der Waals surface area contributed by atoms with Gasteiger partial charge < -0.3 is 5.73 Å². The summed E-state index contributed by atoms with van der Waals surface area (Å²) >= 11 is 0. The first-order valence-corrected chi connectivity index (χ1v) is 4.90. The van der Waals surface area contributed by atoms with Crippen molar-refractivity contribution in [3.05, 3.63) is 42.2 Å². The Labute approximate surface area is 83.8 Å². The second-order valence-electron chi connectivity index (χ2n) is 3.50. The van der Waals surface area contributed by atoms with Crippen LogP contribution in [0, 0.1) is 0 Å². The number of nitrogens with two attached hydrogens (primary N) is 1. The van der Waals surface area contributed by atoms with E-state index < -0.39 is 0 Å². The van der Waals surface area contributed by atoms with E-state index in [0.29, 0.717) is 0 Å². The zero-order chi connectivity index (χ0) is 9.97. The molecule has 72 valence electrons. The first kappa shape index (κ1) is 9.16. The summed E-state index contributed by atoms with van der Waals surface area (Å²) in [5.74, 6) is 0. The molecule has 0 saturated carbocycles. The van der Waals surface area contributed by atoms with E-state index >= 15 is 0 Å². The predicted molar refractivity (Wildman–Crippen MR) is 59.0 cm³/mol. The van der Waals surface area contributed by atoms with E-state index in [4.69, 9.17) is 5.73 Å². The molecule has 0 unspecified atom stereocenters. The number of fused-ring (bicyclic) bond motifs is 1. The van der Waals surface area contributed by atoms with Gasteiger partial charge >= 0.3 is 0 Å². The van der Waals surface area contributed by atoms with Crippen LogP contribution in [0.3, 0.4) is 0 Å². The molecule has 0 amide bonds. The third kappa shape index (κ3) is 1.61. The minimum Gasteiger partial charge on any atom is -0.324 e. The number of aromatic nitrogens is 1. The second-order valence-corrected chi connectivity index (χ2v) is 3.50. The molecule has 2 heteroatoms. The third-order valence-electron chi connectivity index (χ3n) is 2.53. The van der Waals surface area contributed by atoms with Crippen molar-refractivity contribution in [3.8, 4) is 0 Å². The minimum absolute atomic E-state index is 0.146. The average Bonchev–Trinajstić information content (AvgIpc) is 2.27. The molecule has 1 heterocycles. The Balaban J connectivity index is 2.51. The summed E-state index contributed by atoms with van der Waals surface area (Å²) in [7, 11) is 0. The molecule has 2 aromatic rings. The summed E-state index contributed by atoms with van der Waals surface area (Å²) in [6.45, 7) is 2.10. The lowest BCUT2D eigenvalue weighted by atomic mass is 10.0. The summed E-state index contributed by atoms with van der Waals surface area (Å²) in [5.41, 5.74) is 7.17. The van der Waals surface area contributed by atoms with Crippen LogP contribution in [0.2, 0.25) is 0 Å². The highest BCUT2D eigenvalue weighted by Gasteiger charge is 2.03. The van der Waals surface area contributed by atoms with Gasteiger partial charge in [-0.25, -0.2) is 0 Å². The van der Waals surface area contributed by atoms with Crippen molar-refractivity contribution in [1.29, 1.82) is 0 Å². The molecule has 0 radical (unpaired) electrons. The van der Waals surface area contributed by atoms with Crippen molar-refractivity contribution in [2.24, 2.45) is 5.73 Å². The third-order valence-corrected chi connectivity index (χ3v) is 2.53. The van der Waals surface area contributed by atoms with Crippen LogP contribution in [-0.4, -0.2) is 4.98 Å². The molecule has 0 aliphatic rings. The number of nitrogens with zero attached hydrogens (tertiary/aromatic N) is 1. The maximum absolute atomic E-state index is 5.97. The SMILES string of the molecule is CC[C@H](N)c1ccc2cnccc2c1. The van der Waals surface area contributed by atoms with Crippen LogP contribution < -0.4 is 5.73 Å². The van der Waals surface area contributed by atoms with Crippen molar-refractivity contribution in [2.45, 2.75) is 19.4 Å². The van der Waals surface area contributed by atoms with Gasteiger partial charge in [-0.05, 0) is 29.5 Å². The molecule has 0 spiro atoms. The maximum Gasteiger partial charge on any atom is 0.0346 e. The summed E-state index contributed by atoms with van der Waals surface area (Å²) in [4.78, 5) is 4.08. The molecule has 1 aromatic carbocycles. The lowest BCUT2D eigenvalue weighted by molar-refractivity contribution is 0.700. The van der Waals surface area contributed by atoms with Gasteiger partial charge in [0.25, 0.3) is 0 Å². The van der Waals surface area contributed by atoms with Crippen molar-refractivity contribution >= 4 is 10.8 Å². The van der Waals surface area contributed by atoms with Crippen LogP contribution in [-0.2, 0) is 0 Å². The van der Waals surface area contributed by atoms with Crippen molar-refractivity contribution < 1.29 is 0 Å². The Bertz CT molecular complexity index is 437. The summed E-state index contributed by atoms with van der Waals surface area (Å²) in [6.07, 6.45) is 4.65. The Kier molecular flexibility index (Phi) is 2.46. The molecule has 14 heavy (non-hydrogen) atoms. The van der Waals surface area contributed by atoms with Crippen LogP contribution in [0.4, 0.5) is 0 Å². The zero-order valence-electron chi connectivity index (χ0n) is 8.27. The molecule has 1 aromatic heterocycles. The van der Waals surface area contributed by atoms with E-state index in [1.54, 1.807) is 0 Å². The number of benzene rings is 1. The Morgan fingerprint density at radius 2 is 2.14 bits per heavy atom. The zero-order valence-corrected chi connectivity index (χ0v) is 8.27. The lowest BCUT2D eigenvalue weighted by Crippen LogP contribution is -2.08. The van der Waals surface area contributed by atoms with Gasteiger partial charge in [0.1, 0.15) is 0 Å². The van der Waals surface area contributed by atoms with Gasteiger partial charge in [0.05, 0.1) is 0 Å². The quantitative estimate of drug-likeness (QED) is 0.783. The van der Waals surface area contributed by atoms with E-state index in [2.05, 4.69) is 30.1 Å². The molecule has 0 fully saturated rings. The van der Waals surface area contributed by atoms with Gasteiger partial charge in [0, 0.05) is 23.8 Å². The fourth-order valence-electron chi connectivity index (χ4n) is 1.57. The standard InChI is InChI=1S/C12H14N2/c1-2-12(13)10-3-4-11-8-14-6-5-9(11)7-10/h3-8,12H,2,13H2,1H3/t12-/m0/s1. The van der Waals surface area contributed by atoms with Crippen molar-refractivity contribution in [2.75, 3.05) is 0 Å². The van der Waals surface area contributed by atoms with Crippen LogP contribution in [0.25, 0.3) is 10.8 Å². The van der Waals surface area contributed by atoms with E-state index in [-0.39, 0.29) is 6.04 Å². The van der Waals surface area contributed by atoms with E-state index in [9.17, 15) is 0 Å². The molecule has 2 nitrogen and oxygen atoms in total. The highest BCUT2D eigenvalue weighted by Crippen LogP contribution is 2.19. The van der Waals surface area contributed by atoms with Crippen LogP contribution in [0.5, 0.6) is 0 Å². The number of rotatable bonds is 2. The first-order chi connectivity index (χ1) is 6.81. The molecule has 0 bridgehead atoms. The van der Waals surface area contributed by atoms with Gasteiger partial charge in [-0.1, -0.05) is 19.1 Å². The smallest absolute Gasteiger partial charge is 0.0346 e. The lowest BCUT2D eigenvalue weighted by Gasteiger charge is -2.09. The van der Waals surface area contributed by atoms with E-state index in [0.717, 1.165) is 6.42 Å². The number of hydrogen-bond acceptors (Lipinski definition) is 2. The van der Waals surface area contributed by atoms with Gasteiger partial charge in [-0.15, -0.1) is 0 Å². The largest absolute Gasteiger partial charge is 0.324 e. The molecule has 0 saturated heterocycles. The number of pyridine rings is 1. The van der Waals surface area contributed by atoms with Gasteiger partial charge in [-0.2, -0.15) is 0 Å². The Morgan fingerprint density at radius 1 is 1.29 bits per heavy atom. The van der Waals surface area contributed by atoms with Gasteiger partial charge in [-0.3, -0.25) is 4.98 Å². The summed E-state index contributed by atoms with van der Waals surface area (Å²) < 4.78 is 0. The first-order valence-electron chi connectivity index (χ1n) is 4.90. The summed E-state index contributed by atoms with van der Waals surface area (Å²) in [6, 6.07) is 8.46. The normalized spacial score (nSPS) is 13.0. The maximum atomic E-state index is 5.97. The monoisotopic (exact) mass is 186 g/mol. The molecule has 2 rings (SSSR count). The van der Waals surface area contributed by atoms with E-state index in [1.165, 1.54) is 16.3 Å². The van der Waals surface area contributed by atoms with Crippen molar-refractivity contribution in [3.63, 3.8) is 0 Å². The van der Waals surface area contributed by atoms with Crippen molar-refractivity contribution in [1.82, 2.24) is 4.98 Å². The number of hydrogen-bond donors (Lipinski definition) is 1. The molecule has 0 aliphatic carbocycles. The fraction of sp³-hybridized carbons (Fsp3) is 0.250. The average molecular weight is 186 g/mol. The Hall–Kier alpha value is -1.41. The van der Waals surface area contributed by atoms with Crippen LogP contribution >= 0.6 is 0 Å². The molecular weight excluding hydrogens is 172 g/mol. The summed E-state index contributed by atoms with van der Waals surface area (Å²) in [5, 5.41) is 2.38. The molecule has 0 aliphatic heterocycles. The Morgan fingerprint density at radius 3 is 2.93 bits per heavy atom. The topological polar surface area (TPSA) is 38.9 Å². The predicted octanol–water partition coefficient (Wildman–Crippen LogP) is 2.64. The van der Waals surface area contributed by atoms with Crippen LogP contribution in [0.15, 0.2) is 36.7 Å². The molecule has 2 N–H and O–H groups in total. The highest BCUT2D eigenvalue weighted by molar-refractivity contribution is 5.82. The minimum atomic E-state index is 0.146.